The Kier molecular flexibility index (Phi) is 4.36. The molecule has 0 amide bonds. The lowest BCUT2D eigenvalue weighted by Crippen LogP contribution is -2.01. The second-order valence-electron chi connectivity index (χ2n) is 4.02. The fourth-order valence-electron chi connectivity index (χ4n) is 1.93. The van der Waals surface area contributed by atoms with Crippen LogP contribution in [0.3, 0.4) is 0 Å². The van der Waals surface area contributed by atoms with Gasteiger partial charge in [0.2, 0.25) is 6.79 Å². The third kappa shape index (κ3) is 3.10. The molecule has 1 aliphatic rings. The minimum absolute atomic E-state index is 0.159. The molecule has 0 saturated heterocycles. The highest BCUT2D eigenvalue weighted by atomic mass is 32.2. The molecule has 0 fully saturated rings. The Bertz CT molecular complexity index is 445. The van der Waals surface area contributed by atoms with Gasteiger partial charge in [-0.3, -0.25) is 4.79 Å². The normalized spacial score (nSPS) is 12.7. The van der Waals surface area contributed by atoms with Gasteiger partial charge in [0.15, 0.2) is 11.5 Å². The van der Waals surface area contributed by atoms with E-state index in [0.29, 0.717) is 0 Å². The van der Waals surface area contributed by atoms with Crippen molar-refractivity contribution in [2.75, 3.05) is 18.3 Å². The molecule has 1 aromatic rings. The van der Waals surface area contributed by atoms with E-state index in [4.69, 9.17) is 14.6 Å². The molecule has 4 nitrogen and oxygen atoms in total. The van der Waals surface area contributed by atoms with Gasteiger partial charge in [-0.2, -0.15) is 0 Å². The van der Waals surface area contributed by atoms with Crippen LogP contribution in [0.1, 0.15) is 18.1 Å². The van der Waals surface area contributed by atoms with E-state index in [1.807, 2.05) is 12.1 Å². The highest BCUT2D eigenvalue weighted by Gasteiger charge is 2.16. The van der Waals surface area contributed by atoms with Gasteiger partial charge in [-0.15, -0.1) is 11.8 Å². The maximum absolute atomic E-state index is 10.4. The van der Waals surface area contributed by atoms with E-state index in [2.05, 4.69) is 6.92 Å². The van der Waals surface area contributed by atoms with Crippen LogP contribution >= 0.6 is 11.8 Å². The summed E-state index contributed by atoms with van der Waals surface area (Å²) in [5.74, 6) is 1.81. The smallest absolute Gasteiger partial charge is 0.313 e. The first-order chi connectivity index (χ1) is 8.70. The number of benzene rings is 1. The van der Waals surface area contributed by atoms with E-state index in [0.717, 1.165) is 30.1 Å². The van der Waals surface area contributed by atoms with Crippen LogP contribution in [0.5, 0.6) is 11.5 Å². The topological polar surface area (TPSA) is 55.8 Å². The summed E-state index contributed by atoms with van der Waals surface area (Å²) in [5, 5.41) is 8.58. The molecule has 1 heterocycles. The van der Waals surface area contributed by atoms with Crippen LogP contribution in [0.25, 0.3) is 0 Å². The highest BCUT2D eigenvalue weighted by Crippen LogP contribution is 2.35. The zero-order valence-corrected chi connectivity index (χ0v) is 11.1. The first-order valence-corrected chi connectivity index (χ1v) is 7.07. The third-order valence-corrected chi connectivity index (χ3v) is 3.76. The lowest BCUT2D eigenvalue weighted by Gasteiger charge is -2.09. The van der Waals surface area contributed by atoms with Crippen LogP contribution in [0.15, 0.2) is 12.1 Å². The molecule has 98 valence electrons. The summed E-state index contributed by atoms with van der Waals surface area (Å²) >= 11 is 1.44. The molecule has 5 heteroatoms. The third-order valence-electron chi connectivity index (χ3n) is 2.82. The summed E-state index contributed by atoms with van der Waals surface area (Å²) in [6.45, 7) is 2.39. The van der Waals surface area contributed by atoms with E-state index in [9.17, 15) is 4.79 Å². The predicted octanol–water partition coefficient (Wildman–Crippen LogP) is 2.34. The van der Waals surface area contributed by atoms with Crippen molar-refractivity contribution >= 4 is 17.7 Å². The van der Waals surface area contributed by atoms with Gasteiger partial charge in [-0.25, -0.2) is 0 Å². The molecule has 0 bridgehead atoms. The van der Waals surface area contributed by atoms with Gasteiger partial charge in [0.05, 0.1) is 5.75 Å². The van der Waals surface area contributed by atoms with E-state index in [-0.39, 0.29) is 12.5 Å². The molecule has 1 aromatic carbocycles. The number of rotatable bonds is 6. The molecule has 0 atom stereocenters. The largest absolute Gasteiger partial charge is 0.481 e. The summed E-state index contributed by atoms with van der Waals surface area (Å²) in [5.41, 5.74) is 2.47. The summed E-state index contributed by atoms with van der Waals surface area (Å²) in [6.07, 6.45) is 1.80. The molecule has 18 heavy (non-hydrogen) atoms. The number of carbonyl (C=O) groups is 1. The van der Waals surface area contributed by atoms with Gasteiger partial charge >= 0.3 is 5.97 Å². The Hall–Kier alpha value is -1.36. The van der Waals surface area contributed by atoms with Crippen molar-refractivity contribution in [3.8, 4) is 11.5 Å². The monoisotopic (exact) mass is 268 g/mol. The molecule has 1 aliphatic heterocycles. The number of thioether (sulfide) groups is 1. The number of fused-ring (bicyclic) bond motifs is 1. The lowest BCUT2D eigenvalue weighted by atomic mass is 10.0. The van der Waals surface area contributed by atoms with Crippen LogP contribution in [-0.2, 0) is 17.6 Å². The van der Waals surface area contributed by atoms with Gasteiger partial charge in [0.25, 0.3) is 0 Å². The molecule has 2 rings (SSSR count). The average Bonchev–Trinajstić information content (AvgIpc) is 2.80. The van der Waals surface area contributed by atoms with Gasteiger partial charge in [-0.05, 0) is 41.9 Å². The molecule has 0 spiro atoms. The maximum atomic E-state index is 10.4. The minimum Gasteiger partial charge on any atom is -0.481 e. The van der Waals surface area contributed by atoms with Crippen molar-refractivity contribution in [3.63, 3.8) is 0 Å². The molecular weight excluding hydrogens is 252 g/mol. The van der Waals surface area contributed by atoms with E-state index >= 15 is 0 Å². The van der Waals surface area contributed by atoms with Crippen LogP contribution in [-0.4, -0.2) is 29.4 Å². The van der Waals surface area contributed by atoms with Gasteiger partial charge in [0, 0.05) is 0 Å². The van der Waals surface area contributed by atoms with E-state index in [1.54, 1.807) is 0 Å². The van der Waals surface area contributed by atoms with Crippen molar-refractivity contribution in [2.45, 2.75) is 19.8 Å². The Morgan fingerprint density at radius 1 is 1.33 bits per heavy atom. The number of aryl methyl sites for hydroxylation is 2. The quantitative estimate of drug-likeness (QED) is 0.802. The Labute approximate surface area is 110 Å². The number of aliphatic carboxylic acids is 1. The molecular formula is C13H16O4S. The molecule has 1 N–H and O–H groups in total. The van der Waals surface area contributed by atoms with Crippen molar-refractivity contribution in [2.24, 2.45) is 0 Å². The molecule has 0 aromatic heterocycles. The summed E-state index contributed by atoms with van der Waals surface area (Å²) in [7, 11) is 0. The van der Waals surface area contributed by atoms with Gasteiger partial charge in [0.1, 0.15) is 0 Å². The molecule has 0 saturated carbocycles. The zero-order chi connectivity index (χ0) is 13.0. The number of carboxylic acid groups (broad SMARTS) is 1. The summed E-state index contributed by atoms with van der Waals surface area (Å²) in [4.78, 5) is 10.4. The van der Waals surface area contributed by atoms with Crippen LogP contribution in [0.2, 0.25) is 0 Å². The fourth-order valence-corrected chi connectivity index (χ4v) is 2.61. The number of hydrogen-bond acceptors (Lipinski definition) is 4. The number of ether oxygens (including phenoxy) is 2. The SMILES string of the molecule is CCc1cc2c(cc1CCSCC(=O)O)OCO2. The fraction of sp³-hybridized carbons (Fsp3) is 0.462. The number of carboxylic acids is 1. The standard InChI is InChI=1S/C13H16O4S/c1-2-9-5-11-12(17-8-16-11)6-10(9)3-4-18-7-13(14)15/h5-6H,2-4,7-8H2,1H3,(H,14,15). The Morgan fingerprint density at radius 2 is 2.00 bits per heavy atom. The maximum Gasteiger partial charge on any atom is 0.313 e. The van der Waals surface area contributed by atoms with Crippen molar-refractivity contribution < 1.29 is 19.4 Å². The molecule has 0 radical (unpaired) electrons. The Balaban J connectivity index is 2.00. The number of hydrogen-bond donors (Lipinski definition) is 1. The molecule has 0 unspecified atom stereocenters. The second-order valence-corrected chi connectivity index (χ2v) is 5.13. The first-order valence-electron chi connectivity index (χ1n) is 5.91. The zero-order valence-electron chi connectivity index (χ0n) is 10.3. The lowest BCUT2D eigenvalue weighted by molar-refractivity contribution is -0.133. The first kappa shape index (κ1) is 13.1. The van der Waals surface area contributed by atoms with Crippen molar-refractivity contribution in [3.05, 3.63) is 23.3 Å². The summed E-state index contributed by atoms with van der Waals surface area (Å²) < 4.78 is 10.7. The second kappa shape index (κ2) is 6.00. The van der Waals surface area contributed by atoms with Crippen LogP contribution in [0, 0.1) is 0 Å². The Morgan fingerprint density at radius 3 is 2.61 bits per heavy atom. The van der Waals surface area contributed by atoms with E-state index in [1.165, 1.54) is 22.9 Å². The molecule has 0 aliphatic carbocycles. The minimum atomic E-state index is -0.763. The highest BCUT2D eigenvalue weighted by molar-refractivity contribution is 7.99. The average molecular weight is 268 g/mol. The predicted molar refractivity (Wildman–Crippen MR) is 70.6 cm³/mol. The van der Waals surface area contributed by atoms with Crippen LogP contribution in [0.4, 0.5) is 0 Å². The van der Waals surface area contributed by atoms with Crippen molar-refractivity contribution in [1.82, 2.24) is 0 Å². The van der Waals surface area contributed by atoms with Crippen molar-refractivity contribution in [1.29, 1.82) is 0 Å². The van der Waals surface area contributed by atoms with Gasteiger partial charge < -0.3 is 14.6 Å². The van der Waals surface area contributed by atoms with Gasteiger partial charge in [-0.1, -0.05) is 6.92 Å². The van der Waals surface area contributed by atoms with Crippen LogP contribution < -0.4 is 9.47 Å². The van der Waals surface area contributed by atoms with E-state index < -0.39 is 5.97 Å². The summed E-state index contributed by atoms with van der Waals surface area (Å²) in [6, 6.07) is 4.04.